The molecule has 0 aromatic carbocycles. The van der Waals surface area contributed by atoms with E-state index in [2.05, 4.69) is 20.0 Å². The number of halogens is 1. The fourth-order valence-electron chi connectivity index (χ4n) is 1.01. The minimum atomic E-state index is -1.15. The highest BCUT2D eigenvalue weighted by atomic mass is 35.5. The Balaban J connectivity index is 2.74. The average Bonchev–Trinajstić information content (AvgIpc) is 2.34. The lowest BCUT2D eigenvalue weighted by Gasteiger charge is -2.13. The maximum Gasteiger partial charge on any atom is 0.330 e. The number of methoxy groups -OCH3 is 1. The Morgan fingerprint density at radius 1 is 1.59 bits per heavy atom. The Morgan fingerprint density at radius 3 is 2.82 bits per heavy atom. The minimum absolute atomic E-state index is 0.0521. The summed E-state index contributed by atoms with van der Waals surface area (Å²) < 4.78 is 4.39. The van der Waals surface area contributed by atoms with E-state index in [1.54, 1.807) is 0 Å². The number of amides is 1. The zero-order valence-electron chi connectivity index (χ0n) is 8.88. The van der Waals surface area contributed by atoms with Crippen molar-refractivity contribution in [2.75, 3.05) is 13.7 Å². The fraction of sp³-hybridized carbons (Fsp3) is 0.333. The summed E-state index contributed by atoms with van der Waals surface area (Å²) in [6, 6.07) is -1.15. The molecule has 0 aliphatic heterocycles. The van der Waals surface area contributed by atoms with E-state index in [-0.39, 0.29) is 10.8 Å². The quantitative estimate of drug-likeness (QED) is 0.700. The van der Waals surface area contributed by atoms with Gasteiger partial charge >= 0.3 is 5.97 Å². The number of carbonyl (C=O) groups is 2. The molecular formula is C9H10ClN3O4. The normalized spacial score (nSPS) is 11.7. The van der Waals surface area contributed by atoms with Gasteiger partial charge in [-0.25, -0.2) is 9.78 Å². The molecule has 0 saturated heterocycles. The first-order valence-corrected chi connectivity index (χ1v) is 4.93. The smallest absolute Gasteiger partial charge is 0.330 e. The van der Waals surface area contributed by atoms with Crippen LogP contribution in [0.2, 0.25) is 5.15 Å². The number of hydrogen-bond acceptors (Lipinski definition) is 6. The van der Waals surface area contributed by atoms with Crippen LogP contribution in [-0.2, 0) is 9.53 Å². The van der Waals surface area contributed by atoms with Gasteiger partial charge < -0.3 is 15.2 Å². The molecule has 92 valence electrons. The first kappa shape index (κ1) is 13.3. The number of nitrogens with zero attached hydrogens (tertiary/aromatic N) is 2. The van der Waals surface area contributed by atoms with Crippen LogP contribution in [0.5, 0.6) is 0 Å². The lowest BCUT2D eigenvalue weighted by atomic mass is 10.3. The van der Waals surface area contributed by atoms with Crippen molar-refractivity contribution in [2.45, 2.75) is 6.04 Å². The third-order valence-corrected chi connectivity index (χ3v) is 1.99. The third-order valence-electron chi connectivity index (χ3n) is 1.81. The minimum Gasteiger partial charge on any atom is -0.467 e. The van der Waals surface area contributed by atoms with Gasteiger partial charge in [0.25, 0.3) is 5.91 Å². The summed E-state index contributed by atoms with van der Waals surface area (Å²) in [7, 11) is 1.15. The number of aromatic nitrogens is 2. The van der Waals surface area contributed by atoms with E-state index < -0.39 is 24.5 Å². The molecule has 1 aromatic heterocycles. The summed E-state index contributed by atoms with van der Waals surface area (Å²) in [6.07, 6.45) is 2.45. The topological polar surface area (TPSA) is 101 Å². The van der Waals surface area contributed by atoms with Gasteiger partial charge in [0, 0.05) is 0 Å². The second-order valence-electron chi connectivity index (χ2n) is 2.96. The first-order chi connectivity index (χ1) is 8.08. The molecule has 0 bridgehead atoms. The van der Waals surface area contributed by atoms with E-state index >= 15 is 0 Å². The molecule has 8 heteroatoms. The van der Waals surface area contributed by atoms with Crippen molar-refractivity contribution in [2.24, 2.45) is 0 Å². The number of nitrogens with one attached hydrogen (secondary N) is 1. The standard InChI is InChI=1S/C9H10ClN3O4/c1-17-9(16)6(4-14)13-8(15)5-2-11-3-7(10)12-5/h2-3,6,14H,4H2,1H3,(H,13,15). The van der Waals surface area contributed by atoms with E-state index in [0.717, 1.165) is 7.11 Å². The Bertz CT molecular complexity index is 426. The molecule has 2 N–H and O–H groups in total. The highest BCUT2D eigenvalue weighted by Crippen LogP contribution is 2.02. The molecule has 1 aromatic rings. The third kappa shape index (κ3) is 3.65. The molecule has 1 heterocycles. The van der Waals surface area contributed by atoms with Gasteiger partial charge in [0.1, 0.15) is 10.8 Å². The lowest BCUT2D eigenvalue weighted by Crippen LogP contribution is -2.44. The van der Waals surface area contributed by atoms with Crippen LogP contribution in [-0.4, -0.2) is 46.7 Å². The largest absolute Gasteiger partial charge is 0.467 e. The van der Waals surface area contributed by atoms with Crippen molar-refractivity contribution < 1.29 is 19.4 Å². The number of hydrogen-bond donors (Lipinski definition) is 2. The predicted molar refractivity (Wildman–Crippen MR) is 57.4 cm³/mol. The van der Waals surface area contributed by atoms with E-state index in [9.17, 15) is 9.59 Å². The number of aliphatic hydroxyl groups is 1. The van der Waals surface area contributed by atoms with Gasteiger partial charge in [0.05, 0.1) is 26.1 Å². The van der Waals surface area contributed by atoms with Crippen LogP contribution in [0.15, 0.2) is 12.4 Å². The highest BCUT2D eigenvalue weighted by molar-refractivity contribution is 6.29. The van der Waals surface area contributed by atoms with Crippen molar-refractivity contribution in [3.63, 3.8) is 0 Å². The van der Waals surface area contributed by atoms with Crippen LogP contribution < -0.4 is 5.32 Å². The van der Waals surface area contributed by atoms with Crippen LogP contribution >= 0.6 is 11.6 Å². The van der Waals surface area contributed by atoms with Crippen molar-refractivity contribution in [3.05, 3.63) is 23.2 Å². The van der Waals surface area contributed by atoms with E-state index in [1.807, 2.05) is 0 Å². The molecule has 1 atom stereocenters. The number of aliphatic hydroxyl groups excluding tert-OH is 1. The number of rotatable bonds is 4. The van der Waals surface area contributed by atoms with Crippen LogP contribution in [0.3, 0.4) is 0 Å². The van der Waals surface area contributed by atoms with Crippen molar-refractivity contribution in [1.29, 1.82) is 0 Å². The number of esters is 1. The Kier molecular flexibility index (Phi) is 4.80. The van der Waals surface area contributed by atoms with Crippen LogP contribution in [0.1, 0.15) is 10.5 Å². The first-order valence-electron chi connectivity index (χ1n) is 4.55. The van der Waals surface area contributed by atoms with Gasteiger partial charge in [-0.05, 0) is 0 Å². The van der Waals surface area contributed by atoms with Crippen molar-refractivity contribution in [3.8, 4) is 0 Å². The van der Waals surface area contributed by atoms with E-state index in [4.69, 9.17) is 16.7 Å². The van der Waals surface area contributed by atoms with E-state index in [1.165, 1.54) is 12.4 Å². The lowest BCUT2D eigenvalue weighted by molar-refractivity contribution is -0.143. The Labute approximate surface area is 102 Å². The summed E-state index contributed by atoms with van der Waals surface area (Å²) in [4.78, 5) is 30.1. The Hall–Kier alpha value is -1.73. The summed E-state index contributed by atoms with van der Waals surface area (Å²) in [6.45, 7) is -0.577. The molecule has 0 fully saturated rings. The number of ether oxygens (including phenoxy) is 1. The van der Waals surface area contributed by atoms with Gasteiger partial charge in [-0.3, -0.25) is 9.78 Å². The maximum absolute atomic E-state index is 11.6. The van der Waals surface area contributed by atoms with Crippen LogP contribution in [0, 0.1) is 0 Å². The fourth-order valence-corrected chi connectivity index (χ4v) is 1.15. The van der Waals surface area contributed by atoms with Crippen LogP contribution in [0.4, 0.5) is 0 Å². The predicted octanol–water partition coefficient (Wildman–Crippen LogP) is -0.606. The molecule has 1 amide bonds. The molecule has 0 aliphatic carbocycles. The van der Waals surface area contributed by atoms with E-state index in [0.29, 0.717) is 0 Å². The average molecular weight is 260 g/mol. The zero-order valence-corrected chi connectivity index (χ0v) is 9.64. The zero-order chi connectivity index (χ0) is 12.8. The van der Waals surface area contributed by atoms with Crippen LogP contribution in [0.25, 0.3) is 0 Å². The molecule has 17 heavy (non-hydrogen) atoms. The molecule has 1 rings (SSSR count). The number of carbonyl (C=O) groups excluding carboxylic acids is 2. The molecule has 0 aliphatic rings. The highest BCUT2D eigenvalue weighted by Gasteiger charge is 2.21. The summed E-state index contributed by atoms with van der Waals surface area (Å²) in [5.41, 5.74) is -0.0557. The van der Waals surface area contributed by atoms with Crippen molar-refractivity contribution >= 4 is 23.5 Å². The van der Waals surface area contributed by atoms with Gasteiger partial charge in [0.15, 0.2) is 6.04 Å². The van der Waals surface area contributed by atoms with Gasteiger partial charge in [-0.15, -0.1) is 0 Å². The molecule has 7 nitrogen and oxygen atoms in total. The molecule has 0 spiro atoms. The maximum atomic E-state index is 11.6. The Morgan fingerprint density at radius 2 is 2.29 bits per heavy atom. The molecule has 0 saturated carbocycles. The monoisotopic (exact) mass is 259 g/mol. The molecular weight excluding hydrogens is 250 g/mol. The second kappa shape index (κ2) is 6.12. The second-order valence-corrected chi connectivity index (χ2v) is 3.35. The summed E-state index contributed by atoms with van der Waals surface area (Å²) in [5.74, 6) is -1.43. The molecule has 0 radical (unpaired) electrons. The SMILES string of the molecule is COC(=O)C(CO)NC(=O)c1cncc(Cl)n1. The molecule has 1 unspecified atom stereocenters. The summed E-state index contributed by atoms with van der Waals surface area (Å²) >= 11 is 5.55. The summed E-state index contributed by atoms with van der Waals surface area (Å²) in [5, 5.41) is 11.2. The van der Waals surface area contributed by atoms with Crippen molar-refractivity contribution in [1.82, 2.24) is 15.3 Å². The van der Waals surface area contributed by atoms with Gasteiger partial charge in [-0.1, -0.05) is 11.6 Å². The van der Waals surface area contributed by atoms with Gasteiger partial charge in [0.2, 0.25) is 0 Å². The van der Waals surface area contributed by atoms with Gasteiger partial charge in [-0.2, -0.15) is 0 Å².